The number of aromatic nitrogens is 2. The highest BCUT2D eigenvalue weighted by atomic mass is 32.2. The molecule has 0 aliphatic heterocycles. The first-order valence-electron chi connectivity index (χ1n) is 8.86. The molecule has 0 bridgehead atoms. The molecule has 1 aromatic heterocycles. The van der Waals surface area contributed by atoms with Gasteiger partial charge in [-0.05, 0) is 38.3 Å². The summed E-state index contributed by atoms with van der Waals surface area (Å²) in [6.45, 7) is 5.88. The lowest BCUT2D eigenvalue weighted by molar-refractivity contribution is -0.148. The molecule has 2 aromatic rings. The van der Waals surface area contributed by atoms with E-state index in [2.05, 4.69) is 11.1 Å². The van der Waals surface area contributed by atoms with E-state index in [4.69, 9.17) is 4.74 Å². The number of methoxy groups -OCH3 is 1. The number of rotatable bonds is 4. The van der Waals surface area contributed by atoms with Gasteiger partial charge in [0.1, 0.15) is 6.33 Å². The van der Waals surface area contributed by atoms with Crippen LogP contribution in [0.5, 0.6) is 0 Å². The number of allylic oxidation sites excluding steroid dienone is 2. The van der Waals surface area contributed by atoms with Crippen LogP contribution in [0.1, 0.15) is 37.4 Å². The molecule has 144 valence electrons. The lowest BCUT2D eigenvalue weighted by Gasteiger charge is -2.33. The highest BCUT2D eigenvalue weighted by molar-refractivity contribution is 7.90. The SMILES string of the molecule is COC(=O)[C@H]1C(C)C(C)=CC[C@@H]1c1cn(S(=O)(=O)c2ccc(C)cc2)cn1. The molecule has 1 unspecified atom stereocenters. The Morgan fingerprint density at radius 2 is 1.89 bits per heavy atom. The summed E-state index contributed by atoms with van der Waals surface area (Å²) in [6, 6.07) is 6.68. The summed E-state index contributed by atoms with van der Waals surface area (Å²) < 4.78 is 31.8. The van der Waals surface area contributed by atoms with Crippen LogP contribution >= 0.6 is 0 Å². The van der Waals surface area contributed by atoms with E-state index in [0.29, 0.717) is 12.1 Å². The van der Waals surface area contributed by atoms with Crippen LogP contribution in [0.2, 0.25) is 0 Å². The largest absolute Gasteiger partial charge is 0.469 e. The van der Waals surface area contributed by atoms with Crippen molar-refractivity contribution in [2.24, 2.45) is 11.8 Å². The van der Waals surface area contributed by atoms with Gasteiger partial charge in [0.2, 0.25) is 0 Å². The van der Waals surface area contributed by atoms with E-state index in [1.165, 1.54) is 19.6 Å². The lowest BCUT2D eigenvalue weighted by Crippen LogP contribution is -2.32. The van der Waals surface area contributed by atoms with Crippen molar-refractivity contribution < 1.29 is 17.9 Å². The first-order valence-corrected chi connectivity index (χ1v) is 10.3. The van der Waals surface area contributed by atoms with E-state index in [-0.39, 0.29) is 28.6 Å². The molecule has 6 nitrogen and oxygen atoms in total. The van der Waals surface area contributed by atoms with Gasteiger partial charge in [0.05, 0.1) is 23.6 Å². The van der Waals surface area contributed by atoms with Crippen molar-refractivity contribution in [2.45, 2.75) is 38.0 Å². The second kappa shape index (κ2) is 7.31. The summed E-state index contributed by atoms with van der Waals surface area (Å²) in [4.78, 5) is 16.9. The number of hydrogen-bond acceptors (Lipinski definition) is 5. The van der Waals surface area contributed by atoms with Crippen molar-refractivity contribution in [1.82, 2.24) is 8.96 Å². The predicted molar refractivity (Wildman–Crippen MR) is 102 cm³/mol. The molecule has 1 aliphatic carbocycles. The van der Waals surface area contributed by atoms with Crippen LogP contribution in [0, 0.1) is 18.8 Å². The molecule has 0 N–H and O–H groups in total. The van der Waals surface area contributed by atoms with Gasteiger partial charge < -0.3 is 4.74 Å². The maximum absolute atomic E-state index is 12.8. The number of imidazole rings is 1. The van der Waals surface area contributed by atoms with Gasteiger partial charge in [0.25, 0.3) is 10.0 Å². The quantitative estimate of drug-likeness (QED) is 0.593. The van der Waals surface area contributed by atoms with Gasteiger partial charge in [-0.1, -0.05) is 36.3 Å². The summed E-state index contributed by atoms with van der Waals surface area (Å²) in [7, 11) is -2.34. The van der Waals surface area contributed by atoms with Crippen molar-refractivity contribution in [1.29, 1.82) is 0 Å². The topological polar surface area (TPSA) is 78.3 Å². The molecular weight excluding hydrogens is 364 g/mol. The number of carbonyl (C=O) groups excluding carboxylic acids is 1. The summed E-state index contributed by atoms with van der Waals surface area (Å²) in [5.74, 6) is -0.887. The molecule has 3 atom stereocenters. The van der Waals surface area contributed by atoms with Crippen molar-refractivity contribution in [3.63, 3.8) is 0 Å². The van der Waals surface area contributed by atoms with Crippen LogP contribution in [0.3, 0.4) is 0 Å². The van der Waals surface area contributed by atoms with Crippen molar-refractivity contribution in [3.05, 3.63) is 59.7 Å². The molecule has 0 radical (unpaired) electrons. The summed E-state index contributed by atoms with van der Waals surface area (Å²) in [5, 5.41) is 0. The molecule has 0 saturated carbocycles. The van der Waals surface area contributed by atoms with Crippen LogP contribution < -0.4 is 0 Å². The minimum atomic E-state index is -3.72. The molecule has 3 rings (SSSR count). The third kappa shape index (κ3) is 3.56. The van der Waals surface area contributed by atoms with Crippen LogP contribution in [-0.4, -0.2) is 30.5 Å². The number of carbonyl (C=O) groups is 1. The molecule has 0 fully saturated rings. The molecule has 0 amide bonds. The minimum Gasteiger partial charge on any atom is -0.469 e. The summed E-state index contributed by atoms with van der Waals surface area (Å²) in [6.07, 6.45) is 5.52. The van der Waals surface area contributed by atoms with Crippen molar-refractivity contribution in [3.8, 4) is 0 Å². The highest BCUT2D eigenvalue weighted by Gasteiger charge is 2.39. The first-order chi connectivity index (χ1) is 12.8. The normalized spacial score (nSPS) is 23.0. The summed E-state index contributed by atoms with van der Waals surface area (Å²) in [5.41, 5.74) is 2.70. The Hall–Kier alpha value is -2.41. The van der Waals surface area contributed by atoms with E-state index < -0.39 is 10.0 Å². The fourth-order valence-corrected chi connectivity index (χ4v) is 4.70. The van der Waals surface area contributed by atoms with Gasteiger partial charge in [-0.25, -0.2) is 17.4 Å². The lowest BCUT2D eigenvalue weighted by atomic mass is 9.72. The maximum atomic E-state index is 12.8. The fourth-order valence-electron chi connectivity index (χ4n) is 3.56. The summed E-state index contributed by atoms with van der Waals surface area (Å²) >= 11 is 0. The van der Waals surface area contributed by atoms with E-state index in [1.807, 2.05) is 20.8 Å². The van der Waals surface area contributed by atoms with Crippen LogP contribution in [-0.2, 0) is 19.6 Å². The van der Waals surface area contributed by atoms with E-state index in [9.17, 15) is 13.2 Å². The Labute approximate surface area is 159 Å². The molecule has 27 heavy (non-hydrogen) atoms. The Morgan fingerprint density at radius 1 is 1.22 bits per heavy atom. The molecule has 0 saturated heterocycles. The van der Waals surface area contributed by atoms with Crippen molar-refractivity contribution in [2.75, 3.05) is 7.11 Å². The second-order valence-electron chi connectivity index (χ2n) is 7.07. The molecule has 1 aromatic carbocycles. The van der Waals surface area contributed by atoms with Crippen LogP contribution in [0.15, 0.2) is 53.3 Å². The van der Waals surface area contributed by atoms with Gasteiger partial charge in [0.15, 0.2) is 0 Å². The molecule has 1 aliphatic rings. The Morgan fingerprint density at radius 3 is 2.52 bits per heavy atom. The molecule has 7 heteroatoms. The Balaban J connectivity index is 1.97. The zero-order valence-corrected chi connectivity index (χ0v) is 16.7. The van der Waals surface area contributed by atoms with E-state index >= 15 is 0 Å². The smallest absolute Gasteiger partial charge is 0.309 e. The number of benzene rings is 1. The second-order valence-corrected chi connectivity index (χ2v) is 8.92. The predicted octanol–water partition coefficient (Wildman–Crippen LogP) is 3.29. The van der Waals surface area contributed by atoms with Gasteiger partial charge in [0, 0.05) is 12.1 Å². The average Bonchev–Trinajstić information content (AvgIpc) is 3.14. The monoisotopic (exact) mass is 388 g/mol. The van der Waals surface area contributed by atoms with Gasteiger partial charge >= 0.3 is 5.97 Å². The maximum Gasteiger partial charge on any atom is 0.309 e. The van der Waals surface area contributed by atoms with Crippen LogP contribution in [0.4, 0.5) is 0 Å². The third-order valence-corrected chi connectivity index (χ3v) is 7.04. The zero-order chi connectivity index (χ0) is 19.8. The van der Waals surface area contributed by atoms with Gasteiger partial charge in [-0.3, -0.25) is 4.79 Å². The fraction of sp³-hybridized carbons (Fsp3) is 0.400. The average molecular weight is 388 g/mol. The number of aryl methyl sites for hydroxylation is 1. The van der Waals surface area contributed by atoms with Gasteiger partial charge in [-0.15, -0.1) is 0 Å². The first kappa shape index (κ1) is 19.4. The van der Waals surface area contributed by atoms with Gasteiger partial charge in [-0.2, -0.15) is 0 Å². The molecule has 1 heterocycles. The minimum absolute atomic E-state index is 0.00931. The van der Waals surface area contributed by atoms with E-state index in [1.54, 1.807) is 24.3 Å². The molecular formula is C20H24N2O4S. The zero-order valence-electron chi connectivity index (χ0n) is 15.9. The number of esters is 1. The number of ether oxygens (including phenoxy) is 1. The molecule has 0 spiro atoms. The Bertz CT molecular complexity index is 974. The number of nitrogens with zero attached hydrogens (tertiary/aromatic N) is 2. The third-order valence-electron chi connectivity index (χ3n) is 5.41. The van der Waals surface area contributed by atoms with Crippen molar-refractivity contribution >= 4 is 16.0 Å². The highest BCUT2D eigenvalue weighted by Crippen LogP contribution is 2.41. The van der Waals surface area contributed by atoms with Crippen LogP contribution in [0.25, 0.3) is 0 Å². The van der Waals surface area contributed by atoms with E-state index in [0.717, 1.165) is 15.1 Å². The number of hydrogen-bond donors (Lipinski definition) is 0. The Kier molecular flexibility index (Phi) is 5.24. The standard InChI is InChI=1S/C20H24N2O4S/c1-13-5-8-16(9-6-13)27(24,25)22-11-18(21-12-22)17-10-7-14(2)15(3)19(17)20(23)26-4/h5-9,11-12,15,17,19H,10H2,1-4H3/t15?,17-,19+/m1/s1.